The Balaban J connectivity index is 1.78. The lowest BCUT2D eigenvalue weighted by molar-refractivity contribution is -0.140. The highest BCUT2D eigenvalue weighted by Crippen LogP contribution is 2.39. The third-order valence-corrected chi connectivity index (χ3v) is 9.50. The number of nitrogens with one attached hydrogen (secondary N) is 2. The summed E-state index contributed by atoms with van der Waals surface area (Å²) in [5.74, 6) is -0.913. The number of ether oxygens (including phenoxy) is 1. The van der Waals surface area contributed by atoms with Crippen LogP contribution in [0.15, 0.2) is 29.2 Å². The second-order valence-electron chi connectivity index (χ2n) is 12.4. The topological polar surface area (TPSA) is 106 Å². The van der Waals surface area contributed by atoms with Crippen LogP contribution in [0.5, 0.6) is 0 Å². The molecule has 2 heterocycles. The van der Waals surface area contributed by atoms with Crippen LogP contribution in [0.1, 0.15) is 87.3 Å². The highest BCUT2D eigenvalue weighted by Gasteiger charge is 2.39. The van der Waals surface area contributed by atoms with Crippen molar-refractivity contribution in [2.45, 2.75) is 96.3 Å². The number of amides is 2. The van der Waals surface area contributed by atoms with Crippen molar-refractivity contribution >= 4 is 21.8 Å². The Kier molecular flexibility index (Phi) is 9.46. The molecule has 1 aliphatic carbocycles. The van der Waals surface area contributed by atoms with Gasteiger partial charge in [-0.15, -0.1) is 0 Å². The average Bonchev–Trinajstić information content (AvgIpc) is 3.24. The Morgan fingerprint density at radius 1 is 1.00 bits per heavy atom. The molecule has 0 atom stereocenters. The van der Waals surface area contributed by atoms with E-state index in [4.69, 9.17) is 4.74 Å². The Bertz CT molecular complexity index is 1410. The van der Waals surface area contributed by atoms with Crippen molar-refractivity contribution in [1.29, 1.82) is 0 Å². The second kappa shape index (κ2) is 12.4. The molecule has 42 heavy (non-hydrogen) atoms. The number of sulfonamides is 1. The van der Waals surface area contributed by atoms with Crippen molar-refractivity contribution in [3.8, 4) is 11.3 Å². The van der Waals surface area contributed by atoms with E-state index in [0.717, 1.165) is 44.2 Å². The normalized spacial score (nSPS) is 17.7. The lowest BCUT2D eigenvalue weighted by Gasteiger charge is -2.25. The van der Waals surface area contributed by atoms with Gasteiger partial charge in [-0.05, 0) is 62.3 Å². The molecule has 2 fully saturated rings. The van der Waals surface area contributed by atoms with Crippen molar-refractivity contribution < 1.29 is 35.9 Å². The van der Waals surface area contributed by atoms with Gasteiger partial charge in [-0.3, -0.25) is 9.59 Å². The van der Waals surface area contributed by atoms with E-state index in [9.17, 15) is 31.2 Å². The van der Waals surface area contributed by atoms with E-state index in [1.54, 1.807) is 17.7 Å². The molecule has 0 radical (unpaired) electrons. The molecule has 1 saturated carbocycles. The van der Waals surface area contributed by atoms with E-state index in [2.05, 4.69) is 5.32 Å². The van der Waals surface area contributed by atoms with Crippen LogP contribution in [0.25, 0.3) is 11.3 Å². The molecular formula is C30H40F3N3O5S. The molecule has 0 unspecified atom stereocenters. The predicted octanol–water partition coefficient (Wildman–Crippen LogP) is 5.82. The smallest absolute Gasteiger partial charge is 0.381 e. The second-order valence-corrected chi connectivity index (χ2v) is 14.0. The van der Waals surface area contributed by atoms with Gasteiger partial charge in [0.25, 0.3) is 15.9 Å². The van der Waals surface area contributed by atoms with Crippen LogP contribution in [0.3, 0.4) is 0 Å². The standard InChI is InChI=1S/C30H40F3N3O5S/c1-19-23(27(37)34-22-12-14-41-15-13-22)17-25(36(19)18-20-8-6-5-7-9-20)21-10-11-26(24(16-21)30(31,32)33)42(39,40)35-28(38)29(2,3)4/h10-11,16-17,20,22H,5-9,12-15,18H2,1-4H3,(H,34,37)(H,35,38). The fourth-order valence-electron chi connectivity index (χ4n) is 5.56. The van der Waals surface area contributed by atoms with Crippen LogP contribution in [0.2, 0.25) is 0 Å². The predicted molar refractivity (Wildman–Crippen MR) is 152 cm³/mol. The number of hydrogen-bond acceptors (Lipinski definition) is 5. The van der Waals surface area contributed by atoms with Gasteiger partial charge in [-0.2, -0.15) is 13.2 Å². The van der Waals surface area contributed by atoms with E-state index in [0.29, 0.717) is 55.5 Å². The van der Waals surface area contributed by atoms with Gasteiger partial charge in [0.1, 0.15) is 0 Å². The van der Waals surface area contributed by atoms with Crippen LogP contribution in [0.4, 0.5) is 13.2 Å². The zero-order chi connectivity index (χ0) is 30.9. The van der Waals surface area contributed by atoms with Crippen LogP contribution in [0, 0.1) is 18.3 Å². The molecule has 8 nitrogen and oxygen atoms in total. The van der Waals surface area contributed by atoms with Crippen molar-refractivity contribution in [3.63, 3.8) is 0 Å². The highest BCUT2D eigenvalue weighted by molar-refractivity contribution is 7.90. The summed E-state index contributed by atoms with van der Waals surface area (Å²) in [6.07, 6.45) is 1.59. The highest BCUT2D eigenvalue weighted by atomic mass is 32.2. The third-order valence-electron chi connectivity index (χ3n) is 8.11. The molecule has 1 aromatic carbocycles. The van der Waals surface area contributed by atoms with E-state index < -0.39 is 38.0 Å². The Morgan fingerprint density at radius 3 is 2.24 bits per heavy atom. The van der Waals surface area contributed by atoms with E-state index in [-0.39, 0.29) is 17.5 Å². The average molecular weight is 612 g/mol. The van der Waals surface area contributed by atoms with Gasteiger partial charge in [0.05, 0.1) is 16.0 Å². The number of nitrogens with zero attached hydrogens (tertiary/aromatic N) is 1. The zero-order valence-electron chi connectivity index (χ0n) is 24.6. The fourth-order valence-corrected chi connectivity index (χ4v) is 6.93. The molecule has 2 N–H and O–H groups in total. The molecule has 0 bridgehead atoms. The minimum absolute atomic E-state index is 0.0552. The molecule has 2 aliphatic rings. The van der Waals surface area contributed by atoms with Crippen LogP contribution < -0.4 is 10.0 Å². The van der Waals surface area contributed by atoms with Crippen LogP contribution >= 0.6 is 0 Å². The summed E-state index contributed by atoms with van der Waals surface area (Å²) in [5, 5.41) is 3.03. The Hall–Kier alpha value is -2.86. The first-order valence-electron chi connectivity index (χ1n) is 14.5. The number of carbonyl (C=O) groups is 2. The summed E-state index contributed by atoms with van der Waals surface area (Å²) < 4.78 is 78.0. The first-order valence-corrected chi connectivity index (χ1v) is 15.9. The minimum atomic E-state index is -5.02. The van der Waals surface area contributed by atoms with Crippen molar-refractivity contribution in [1.82, 2.24) is 14.6 Å². The number of hydrogen-bond donors (Lipinski definition) is 2. The molecular weight excluding hydrogens is 571 g/mol. The zero-order valence-corrected chi connectivity index (χ0v) is 25.4. The molecule has 1 saturated heterocycles. The maximum Gasteiger partial charge on any atom is 0.417 e. The number of benzene rings is 1. The molecule has 4 rings (SSSR count). The fraction of sp³-hybridized carbons (Fsp3) is 0.600. The van der Waals surface area contributed by atoms with E-state index in [1.807, 2.05) is 4.57 Å². The molecule has 0 spiro atoms. The Morgan fingerprint density at radius 2 is 1.64 bits per heavy atom. The number of alkyl halides is 3. The van der Waals surface area contributed by atoms with E-state index in [1.165, 1.54) is 26.8 Å². The summed E-state index contributed by atoms with van der Waals surface area (Å²) in [6.45, 7) is 7.80. The first-order chi connectivity index (χ1) is 19.6. The summed E-state index contributed by atoms with van der Waals surface area (Å²) in [6, 6.07) is 4.52. The summed E-state index contributed by atoms with van der Waals surface area (Å²) >= 11 is 0. The summed E-state index contributed by atoms with van der Waals surface area (Å²) in [5.41, 5.74) is -0.969. The number of carbonyl (C=O) groups excluding carboxylic acids is 2. The van der Waals surface area contributed by atoms with Crippen molar-refractivity contribution in [3.05, 3.63) is 41.1 Å². The monoisotopic (exact) mass is 611 g/mol. The molecule has 2 aromatic rings. The third kappa shape index (κ3) is 7.37. The maximum absolute atomic E-state index is 14.3. The van der Waals surface area contributed by atoms with Crippen LogP contribution in [-0.4, -0.2) is 44.1 Å². The van der Waals surface area contributed by atoms with Gasteiger partial charge in [0.2, 0.25) is 5.91 Å². The van der Waals surface area contributed by atoms with Crippen LogP contribution in [-0.2, 0) is 32.3 Å². The molecule has 1 aromatic heterocycles. The van der Waals surface area contributed by atoms with Crippen molar-refractivity contribution in [2.24, 2.45) is 11.3 Å². The maximum atomic E-state index is 14.3. The number of rotatable bonds is 7. The molecule has 2 amide bonds. The SMILES string of the molecule is Cc1c(C(=O)NC2CCOCC2)cc(-c2ccc(S(=O)(=O)NC(=O)C(C)(C)C)c(C(F)(F)F)c2)n1CC1CCCCC1. The Labute approximate surface area is 245 Å². The lowest BCUT2D eigenvalue weighted by Crippen LogP contribution is -2.39. The van der Waals surface area contributed by atoms with E-state index >= 15 is 0 Å². The molecule has 12 heteroatoms. The van der Waals surface area contributed by atoms with Gasteiger partial charge in [-0.25, -0.2) is 13.1 Å². The van der Waals surface area contributed by atoms with Gasteiger partial charge in [0.15, 0.2) is 0 Å². The number of halogens is 3. The van der Waals surface area contributed by atoms with Gasteiger partial charge < -0.3 is 14.6 Å². The molecule has 232 valence electrons. The minimum Gasteiger partial charge on any atom is -0.381 e. The summed E-state index contributed by atoms with van der Waals surface area (Å²) in [4.78, 5) is 24.7. The largest absolute Gasteiger partial charge is 0.417 e. The summed E-state index contributed by atoms with van der Waals surface area (Å²) in [7, 11) is -4.82. The first kappa shape index (κ1) is 32.1. The number of aromatic nitrogens is 1. The van der Waals surface area contributed by atoms with Gasteiger partial charge in [-0.1, -0.05) is 46.1 Å². The van der Waals surface area contributed by atoms with Crippen molar-refractivity contribution in [2.75, 3.05) is 13.2 Å². The quantitative estimate of drug-likeness (QED) is 0.410. The molecule has 1 aliphatic heterocycles. The van der Waals surface area contributed by atoms with Gasteiger partial charge in [0, 0.05) is 42.6 Å². The van der Waals surface area contributed by atoms with Gasteiger partial charge >= 0.3 is 6.18 Å². The lowest BCUT2D eigenvalue weighted by atomic mass is 9.89.